The van der Waals surface area contributed by atoms with Gasteiger partial charge in [0.15, 0.2) is 0 Å². The van der Waals surface area contributed by atoms with E-state index in [1.807, 2.05) is 0 Å². The molecule has 4 atom stereocenters. The zero-order chi connectivity index (χ0) is 14.2. The van der Waals surface area contributed by atoms with E-state index in [0.29, 0.717) is 0 Å². The van der Waals surface area contributed by atoms with Crippen molar-refractivity contribution in [2.75, 3.05) is 6.54 Å². The molecule has 1 aromatic rings. The maximum atomic E-state index is 3.79. The molecule has 1 nitrogen and oxygen atoms in total. The third-order valence-electron chi connectivity index (χ3n) is 6.25. The Hall–Kier alpha value is -0.820. The van der Waals surface area contributed by atoms with E-state index in [1.165, 1.54) is 50.6 Å². The molecular weight excluding hydrogens is 254 g/mol. The van der Waals surface area contributed by atoms with E-state index in [4.69, 9.17) is 0 Å². The lowest BCUT2D eigenvalue weighted by molar-refractivity contribution is 0.291. The molecule has 3 aliphatic rings. The Kier molecular flexibility index (Phi) is 3.79. The van der Waals surface area contributed by atoms with E-state index in [0.717, 1.165) is 29.7 Å². The van der Waals surface area contributed by atoms with E-state index < -0.39 is 0 Å². The van der Waals surface area contributed by atoms with Gasteiger partial charge >= 0.3 is 0 Å². The molecule has 21 heavy (non-hydrogen) atoms. The number of fused-ring (bicyclic) bond motifs is 2. The van der Waals surface area contributed by atoms with Crippen molar-refractivity contribution in [3.05, 3.63) is 35.4 Å². The molecule has 4 unspecified atom stereocenters. The maximum Gasteiger partial charge on any atom is 0.00684 e. The monoisotopic (exact) mass is 283 g/mol. The number of hydrogen-bond donors (Lipinski definition) is 1. The van der Waals surface area contributed by atoms with Gasteiger partial charge in [-0.05, 0) is 74.7 Å². The van der Waals surface area contributed by atoms with E-state index >= 15 is 0 Å². The first kappa shape index (κ1) is 13.8. The highest BCUT2D eigenvalue weighted by Crippen LogP contribution is 2.51. The van der Waals surface area contributed by atoms with Crippen molar-refractivity contribution in [3.8, 4) is 0 Å². The third-order valence-corrected chi connectivity index (χ3v) is 6.25. The van der Waals surface area contributed by atoms with Gasteiger partial charge in [-0.15, -0.1) is 0 Å². The van der Waals surface area contributed by atoms with Crippen LogP contribution in [0.25, 0.3) is 0 Å². The zero-order valence-corrected chi connectivity index (χ0v) is 13.4. The Morgan fingerprint density at radius 1 is 1.05 bits per heavy atom. The summed E-state index contributed by atoms with van der Waals surface area (Å²) in [4.78, 5) is 0. The predicted octanol–water partition coefficient (Wildman–Crippen LogP) is 4.66. The van der Waals surface area contributed by atoms with Crippen molar-refractivity contribution < 1.29 is 0 Å². The molecule has 0 amide bonds. The molecule has 0 radical (unpaired) electrons. The molecule has 4 rings (SSSR count). The average Bonchev–Trinajstić information content (AvgIpc) is 3.09. The van der Waals surface area contributed by atoms with Gasteiger partial charge in [0.25, 0.3) is 0 Å². The number of aryl methyl sites for hydroxylation is 1. The Balaban J connectivity index is 1.44. The molecule has 3 saturated carbocycles. The molecular formula is C20H29N. The summed E-state index contributed by atoms with van der Waals surface area (Å²) in [6, 6.07) is 10.2. The Bertz CT molecular complexity index is 473. The Morgan fingerprint density at radius 2 is 1.86 bits per heavy atom. The Morgan fingerprint density at radius 3 is 2.48 bits per heavy atom. The molecule has 0 spiro atoms. The van der Waals surface area contributed by atoms with Crippen LogP contribution in [0, 0.1) is 24.7 Å². The largest absolute Gasteiger partial charge is 0.313 e. The van der Waals surface area contributed by atoms with Gasteiger partial charge in [0.1, 0.15) is 0 Å². The van der Waals surface area contributed by atoms with Crippen molar-refractivity contribution in [2.24, 2.45) is 17.8 Å². The van der Waals surface area contributed by atoms with Crippen LogP contribution in [0.15, 0.2) is 24.3 Å². The van der Waals surface area contributed by atoms with Gasteiger partial charge in [-0.1, -0.05) is 36.2 Å². The topological polar surface area (TPSA) is 12.0 Å². The van der Waals surface area contributed by atoms with Crippen LogP contribution in [0.2, 0.25) is 0 Å². The molecule has 3 aliphatic carbocycles. The summed E-state index contributed by atoms with van der Waals surface area (Å²) in [5.74, 6) is 3.88. The van der Waals surface area contributed by atoms with E-state index in [-0.39, 0.29) is 0 Å². The van der Waals surface area contributed by atoms with Crippen LogP contribution in [0.4, 0.5) is 0 Å². The fourth-order valence-corrected chi connectivity index (χ4v) is 4.80. The average molecular weight is 283 g/mol. The van der Waals surface area contributed by atoms with Gasteiger partial charge in [-0.25, -0.2) is 0 Å². The molecule has 1 N–H and O–H groups in total. The number of hydrogen-bond acceptors (Lipinski definition) is 1. The van der Waals surface area contributed by atoms with Crippen molar-refractivity contribution in [3.63, 3.8) is 0 Å². The summed E-state index contributed by atoms with van der Waals surface area (Å²) in [5, 5.41) is 3.79. The third kappa shape index (κ3) is 3.18. The first-order chi connectivity index (χ1) is 10.3. The molecule has 0 heterocycles. The summed E-state index contributed by atoms with van der Waals surface area (Å²) in [6.45, 7) is 3.39. The van der Waals surface area contributed by atoms with Gasteiger partial charge < -0.3 is 5.32 Å². The van der Waals surface area contributed by atoms with Crippen LogP contribution in [-0.2, 0) is 0 Å². The second kappa shape index (κ2) is 5.76. The minimum atomic E-state index is 0.732. The summed E-state index contributed by atoms with van der Waals surface area (Å²) < 4.78 is 0. The van der Waals surface area contributed by atoms with Crippen LogP contribution < -0.4 is 5.32 Å². The molecule has 1 aromatic carbocycles. The van der Waals surface area contributed by atoms with Gasteiger partial charge in [0, 0.05) is 12.6 Å². The van der Waals surface area contributed by atoms with Crippen LogP contribution in [0.3, 0.4) is 0 Å². The summed E-state index contributed by atoms with van der Waals surface area (Å²) in [6.07, 6.45) is 10.3. The van der Waals surface area contributed by atoms with Crippen molar-refractivity contribution in [2.45, 2.75) is 63.8 Å². The molecule has 2 bridgehead atoms. The zero-order valence-electron chi connectivity index (χ0n) is 13.4. The first-order valence-electron chi connectivity index (χ1n) is 9.08. The summed E-state index contributed by atoms with van der Waals surface area (Å²) in [5.41, 5.74) is 2.95. The van der Waals surface area contributed by atoms with Crippen LogP contribution in [0.5, 0.6) is 0 Å². The highest BCUT2D eigenvalue weighted by atomic mass is 14.9. The highest BCUT2D eigenvalue weighted by Gasteiger charge is 2.40. The van der Waals surface area contributed by atoms with Gasteiger partial charge in [0.2, 0.25) is 0 Å². The summed E-state index contributed by atoms with van der Waals surface area (Å²) >= 11 is 0. The van der Waals surface area contributed by atoms with E-state index in [1.54, 1.807) is 12.0 Å². The minimum absolute atomic E-state index is 0.732. The molecule has 114 valence electrons. The van der Waals surface area contributed by atoms with Crippen molar-refractivity contribution >= 4 is 0 Å². The molecule has 1 heteroatoms. The van der Waals surface area contributed by atoms with Crippen LogP contribution in [0.1, 0.15) is 62.0 Å². The predicted molar refractivity (Wildman–Crippen MR) is 88.5 cm³/mol. The Labute approximate surface area is 129 Å². The van der Waals surface area contributed by atoms with Crippen LogP contribution in [-0.4, -0.2) is 12.6 Å². The quantitative estimate of drug-likeness (QED) is 0.801. The maximum absolute atomic E-state index is 3.79. The lowest BCUT2D eigenvalue weighted by atomic mass is 9.80. The molecule has 0 aliphatic heterocycles. The normalized spacial score (nSPS) is 32.5. The number of benzene rings is 1. The summed E-state index contributed by atoms with van der Waals surface area (Å²) in [7, 11) is 0. The van der Waals surface area contributed by atoms with Gasteiger partial charge in [-0.3, -0.25) is 0 Å². The second-order valence-electron chi connectivity index (χ2n) is 7.96. The fraction of sp³-hybridized carbons (Fsp3) is 0.700. The van der Waals surface area contributed by atoms with Crippen molar-refractivity contribution in [1.29, 1.82) is 0 Å². The first-order valence-corrected chi connectivity index (χ1v) is 9.08. The lowest BCUT2D eigenvalue weighted by Crippen LogP contribution is -2.26. The van der Waals surface area contributed by atoms with Crippen molar-refractivity contribution in [1.82, 2.24) is 5.32 Å². The van der Waals surface area contributed by atoms with E-state index in [2.05, 4.69) is 36.5 Å². The molecule has 3 fully saturated rings. The molecule has 0 saturated heterocycles. The second-order valence-corrected chi connectivity index (χ2v) is 7.96. The fourth-order valence-electron chi connectivity index (χ4n) is 4.80. The minimum Gasteiger partial charge on any atom is -0.313 e. The SMILES string of the molecule is Cc1ccc(C(CNC2CC2)CC2CC3CCC2C3)cc1. The molecule has 0 aromatic heterocycles. The van der Waals surface area contributed by atoms with Gasteiger partial charge in [0.05, 0.1) is 0 Å². The number of nitrogens with one attached hydrogen (secondary N) is 1. The number of rotatable bonds is 6. The highest BCUT2D eigenvalue weighted by molar-refractivity contribution is 5.25. The lowest BCUT2D eigenvalue weighted by Gasteiger charge is -2.27. The smallest absolute Gasteiger partial charge is 0.00684 e. The van der Waals surface area contributed by atoms with E-state index in [9.17, 15) is 0 Å². The standard InChI is InChI=1S/C20H29N/c1-14-2-5-16(6-3-14)19(13-21-20-8-9-20)12-18-11-15-4-7-17(18)10-15/h2-3,5-6,15,17-21H,4,7-13H2,1H3. The van der Waals surface area contributed by atoms with Gasteiger partial charge in [-0.2, -0.15) is 0 Å². The van der Waals surface area contributed by atoms with Crippen LogP contribution >= 0.6 is 0 Å².